The van der Waals surface area contributed by atoms with E-state index in [4.69, 9.17) is 37.9 Å². The maximum atomic E-state index is 13.0. The monoisotopic (exact) mass is 704 g/mol. The molecule has 1 saturated heterocycles. The van der Waals surface area contributed by atoms with Crippen LogP contribution in [0.2, 0.25) is 0 Å². The molecule has 0 aliphatic carbocycles. The first-order chi connectivity index (χ1) is 21.9. The van der Waals surface area contributed by atoms with Gasteiger partial charge in [-0.25, -0.2) is 18.7 Å². The molecule has 1 aliphatic rings. The van der Waals surface area contributed by atoms with Crippen molar-refractivity contribution in [3.63, 3.8) is 0 Å². The van der Waals surface area contributed by atoms with E-state index in [1.165, 1.54) is 46.9 Å². The molecule has 0 bridgehead atoms. The van der Waals surface area contributed by atoms with Crippen LogP contribution < -0.4 is 0 Å². The van der Waals surface area contributed by atoms with Gasteiger partial charge < -0.3 is 9.47 Å². The van der Waals surface area contributed by atoms with Gasteiger partial charge in [0, 0.05) is 40.8 Å². The van der Waals surface area contributed by atoms with E-state index in [1.54, 1.807) is 24.3 Å². The number of hydrogen-bond acceptors (Lipinski definition) is 8. The third-order valence-electron chi connectivity index (χ3n) is 6.83. The fraction of sp³-hybridized carbons (Fsp3) is 0.412. The quantitative estimate of drug-likeness (QED) is 0.170. The molecule has 0 amide bonds. The highest BCUT2D eigenvalue weighted by Gasteiger charge is 2.44. The van der Waals surface area contributed by atoms with Gasteiger partial charge in [-0.1, -0.05) is 0 Å². The van der Waals surface area contributed by atoms with E-state index in [9.17, 15) is 14.0 Å². The summed E-state index contributed by atoms with van der Waals surface area (Å²) in [6, 6.07) is 16.9. The molecular formula is C34H36Cl2F2N4O2S2. The molecule has 244 valence electrons. The number of nitriles is 2. The molecule has 46 heavy (non-hydrogen) atoms. The predicted molar refractivity (Wildman–Crippen MR) is 182 cm³/mol. The van der Waals surface area contributed by atoms with Crippen molar-refractivity contribution in [2.24, 2.45) is 0 Å². The van der Waals surface area contributed by atoms with E-state index >= 15 is 0 Å². The Morgan fingerprint density at radius 1 is 0.935 bits per heavy atom. The van der Waals surface area contributed by atoms with Crippen molar-refractivity contribution < 1.29 is 18.3 Å². The smallest absolute Gasteiger partial charge is 0.123 e. The normalized spacial score (nSPS) is 17.0. The number of alkyl halides is 2. The first-order valence-corrected chi connectivity index (χ1v) is 17.3. The standard InChI is InChI=1S/C17H17FN2OS.C11H7FN2S.C6H12Cl2O/c1-16(2)10-17(11-19,7-8-21-16)15-20-14(9-22-15)12-3-5-13(18)6-4-12;12-9-3-1-8(2-4-9)10-7-15-11(14-10)5-6-13;1-6(2,5-8)9-4-3-7/h3-6,9H,7-8,10H2,1-2H3;1-4,7H,5H2;3-5H2,1-2H3. The Bertz CT molecular complexity index is 1610. The lowest BCUT2D eigenvalue weighted by Crippen LogP contribution is -2.43. The highest BCUT2D eigenvalue weighted by molar-refractivity contribution is 7.10. The third kappa shape index (κ3) is 11.1. The number of halogens is 4. The molecule has 1 unspecified atom stereocenters. The van der Waals surface area contributed by atoms with Crippen molar-refractivity contribution in [2.75, 3.05) is 25.0 Å². The summed E-state index contributed by atoms with van der Waals surface area (Å²) in [5.74, 6) is 0.509. The lowest BCUT2D eigenvalue weighted by Gasteiger charge is -2.39. The Hall–Kier alpha value is -2.96. The van der Waals surface area contributed by atoms with Crippen molar-refractivity contribution in [2.45, 2.75) is 63.6 Å². The van der Waals surface area contributed by atoms with Crippen LogP contribution in [0.25, 0.3) is 22.5 Å². The zero-order valence-electron chi connectivity index (χ0n) is 26.2. The number of aromatic nitrogens is 2. The molecule has 4 aromatic rings. The van der Waals surface area contributed by atoms with Gasteiger partial charge in [-0.15, -0.1) is 45.9 Å². The third-order valence-corrected chi connectivity index (χ3v) is 9.52. The second-order valence-electron chi connectivity index (χ2n) is 11.7. The zero-order chi connectivity index (χ0) is 33.8. The molecule has 6 nitrogen and oxygen atoms in total. The molecule has 12 heteroatoms. The van der Waals surface area contributed by atoms with Crippen LogP contribution in [0.5, 0.6) is 0 Å². The number of hydrogen-bond donors (Lipinski definition) is 0. The Balaban J connectivity index is 0.000000208. The van der Waals surface area contributed by atoms with Gasteiger partial charge in [0.2, 0.25) is 0 Å². The molecular weight excluding hydrogens is 669 g/mol. The van der Waals surface area contributed by atoms with Crippen LogP contribution in [0.4, 0.5) is 8.78 Å². The SMILES string of the molecule is CC(C)(CCl)OCCCl.CC1(C)CC(C#N)(c2nc(-c3ccc(F)cc3)cs2)CCO1.N#CCc1nc(-c2ccc(F)cc2)cs1. The maximum absolute atomic E-state index is 13.0. The van der Waals surface area contributed by atoms with Crippen molar-refractivity contribution in [1.29, 1.82) is 10.5 Å². The minimum Gasteiger partial charge on any atom is -0.375 e. The van der Waals surface area contributed by atoms with Crippen LogP contribution in [0.15, 0.2) is 59.3 Å². The van der Waals surface area contributed by atoms with Crippen LogP contribution >= 0.6 is 45.9 Å². The Kier molecular flexibility index (Phi) is 14.1. The minimum atomic E-state index is -0.593. The number of rotatable bonds is 8. The van der Waals surface area contributed by atoms with Gasteiger partial charge in [-0.2, -0.15) is 10.5 Å². The molecule has 0 N–H and O–H groups in total. The molecule has 3 heterocycles. The summed E-state index contributed by atoms with van der Waals surface area (Å²) in [6.07, 6.45) is 1.61. The van der Waals surface area contributed by atoms with Crippen LogP contribution in [-0.2, 0) is 21.3 Å². The highest BCUT2D eigenvalue weighted by atomic mass is 35.5. The van der Waals surface area contributed by atoms with Crippen LogP contribution in [0, 0.1) is 34.3 Å². The molecule has 0 saturated carbocycles. The van der Waals surface area contributed by atoms with Gasteiger partial charge in [0.1, 0.15) is 27.1 Å². The van der Waals surface area contributed by atoms with Crippen molar-refractivity contribution in [1.82, 2.24) is 9.97 Å². The Morgan fingerprint density at radius 2 is 1.50 bits per heavy atom. The van der Waals surface area contributed by atoms with E-state index in [1.807, 2.05) is 44.5 Å². The average molecular weight is 706 g/mol. The fourth-order valence-corrected chi connectivity index (χ4v) is 6.40. The molecule has 2 aromatic heterocycles. The van der Waals surface area contributed by atoms with Crippen LogP contribution in [-0.4, -0.2) is 46.1 Å². The van der Waals surface area contributed by atoms with Crippen molar-refractivity contribution in [3.8, 4) is 34.7 Å². The second kappa shape index (κ2) is 17.3. The summed E-state index contributed by atoms with van der Waals surface area (Å²) < 4.78 is 36.7. The summed E-state index contributed by atoms with van der Waals surface area (Å²) in [4.78, 5) is 8.93. The number of nitrogens with zero attached hydrogens (tertiary/aromatic N) is 4. The van der Waals surface area contributed by atoms with Crippen molar-refractivity contribution in [3.05, 3.63) is 80.9 Å². The molecule has 1 fully saturated rings. The number of ether oxygens (including phenoxy) is 2. The largest absolute Gasteiger partial charge is 0.375 e. The van der Waals surface area contributed by atoms with Gasteiger partial charge in [-0.05, 0) is 82.6 Å². The van der Waals surface area contributed by atoms with E-state index in [2.05, 4.69) is 16.0 Å². The average Bonchev–Trinajstić information content (AvgIpc) is 3.72. The molecule has 2 aromatic carbocycles. The summed E-state index contributed by atoms with van der Waals surface area (Å²) in [6.45, 7) is 9.02. The Labute approximate surface area is 287 Å². The molecule has 5 rings (SSSR count). The first kappa shape index (κ1) is 37.5. The molecule has 1 aliphatic heterocycles. The predicted octanol–water partition coefficient (Wildman–Crippen LogP) is 9.57. The van der Waals surface area contributed by atoms with E-state index in [-0.39, 0.29) is 22.8 Å². The number of thiazole rings is 2. The van der Waals surface area contributed by atoms with Gasteiger partial charge in [0.05, 0.1) is 53.6 Å². The van der Waals surface area contributed by atoms with Gasteiger partial charge >= 0.3 is 0 Å². The lowest BCUT2D eigenvalue weighted by molar-refractivity contribution is -0.0716. The summed E-state index contributed by atoms with van der Waals surface area (Å²) in [5.41, 5.74) is 2.18. The summed E-state index contributed by atoms with van der Waals surface area (Å²) in [7, 11) is 0. The fourth-order valence-electron chi connectivity index (χ4n) is 4.51. The van der Waals surface area contributed by atoms with Gasteiger partial charge in [0.25, 0.3) is 0 Å². The zero-order valence-corrected chi connectivity index (χ0v) is 29.3. The highest BCUT2D eigenvalue weighted by Crippen LogP contribution is 2.43. The van der Waals surface area contributed by atoms with Crippen LogP contribution in [0.3, 0.4) is 0 Å². The second-order valence-corrected chi connectivity index (χ2v) is 14.1. The molecule has 0 spiro atoms. The topological polar surface area (TPSA) is 91.8 Å². The van der Waals surface area contributed by atoms with E-state index < -0.39 is 5.41 Å². The van der Waals surface area contributed by atoms with Crippen LogP contribution in [0.1, 0.15) is 50.6 Å². The van der Waals surface area contributed by atoms with Crippen molar-refractivity contribution >= 4 is 45.9 Å². The molecule has 0 radical (unpaired) electrons. The first-order valence-electron chi connectivity index (χ1n) is 14.5. The summed E-state index contributed by atoms with van der Waals surface area (Å²) in [5, 5.41) is 23.7. The van der Waals surface area contributed by atoms with E-state index in [0.29, 0.717) is 44.2 Å². The van der Waals surface area contributed by atoms with Gasteiger partial charge in [-0.3, -0.25) is 0 Å². The van der Waals surface area contributed by atoms with Gasteiger partial charge in [0.15, 0.2) is 0 Å². The minimum absolute atomic E-state index is 0.226. The maximum Gasteiger partial charge on any atom is 0.123 e. The Morgan fingerprint density at radius 3 is 2.00 bits per heavy atom. The van der Waals surface area contributed by atoms with E-state index in [0.717, 1.165) is 32.5 Å². The molecule has 1 atom stereocenters. The number of benzene rings is 2. The lowest BCUT2D eigenvalue weighted by atomic mass is 9.75. The summed E-state index contributed by atoms with van der Waals surface area (Å²) >= 11 is 13.9.